The van der Waals surface area contributed by atoms with Crippen LogP contribution in [-0.4, -0.2) is 12.3 Å². The molecule has 0 aliphatic carbocycles. The molecule has 4 heteroatoms. The van der Waals surface area contributed by atoms with Crippen molar-refractivity contribution in [1.29, 1.82) is 0 Å². The van der Waals surface area contributed by atoms with Crippen LogP contribution in [0.25, 0.3) is 0 Å². The van der Waals surface area contributed by atoms with Crippen LogP contribution >= 0.6 is 15.9 Å². The Morgan fingerprint density at radius 2 is 2.20 bits per heavy atom. The van der Waals surface area contributed by atoms with Gasteiger partial charge in [0.05, 0.1) is 12.6 Å². The van der Waals surface area contributed by atoms with E-state index < -0.39 is 0 Å². The molecule has 0 bridgehead atoms. The molecule has 0 radical (unpaired) electrons. The maximum Gasteiger partial charge on any atom is 0.124 e. The Balaban J connectivity index is 2.24. The summed E-state index contributed by atoms with van der Waals surface area (Å²) in [5.74, 6) is -0.231. The van der Waals surface area contributed by atoms with E-state index in [1.165, 1.54) is 12.1 Å². The fraction of sp³-hybridized carbons (Fsp3) is 0.455. The second kappa shape index (κ2) is 3.85. The van der Waals surface area contributed by atoms with Gasteiger partial charge in [-0.1, -0.05) is 15.9 Å². The van der Waals surface area contributed by atoms with Crippen molar-refractivity contribution in [2.75, 3.05) is 6.61 Å². The van der Waals surface area contributed by atoms with Crippen LogP contribution in [-0.2, 0) is 4.74 Å². The Labute approximate surface area is 96.9 Å². The molecule has 0 saturated carbocycles. The first-order chi connectivity index (χ1) is 6.96. The Morgan fingerprint density at radius 3 is 2.73 bits per heavy atom. The largest absolute Gasteiger partial charge is 0.359 e. The molecule has 2 rings (SSSR count). The van der Waals surface area contributed by atoms with Gasteiger partial charge in [-0.25, -0.2) is 4.39 Å². The van der Waals surface area contributed by atoms with Gasteiger partial charge < -0.3 is 4.74 Å². The summed E-state index contributed by atoms with van der Waals surface area (Å²) < 4.78 is 19.5. The zero-order chi connectivity index (χ0) is 11.1. The first-order valence-electron chi connectivity index (χ1n) is 4.84. The maximum atomic E-state index is 13.2. The minimum atomic E-state index is -0.330. The van der Waals surface area contributed by atoms with Crippen molar-refractivity contribution in [2.24, 2.45) is 0 Å². The molecule has 82 valence electrons. The lowest BCUT2D eigenvalue weighted by Gasteiger charge is -2.18. The molecule has 0 spiro atoms. The molecular weight excluding hydrogens is 261 g/mol. The first-order valence-corrected chi connectivity index (χ1v) is 5.63. The van der Waals surface area contributed by atoms with E-state index in [9.17, 15) is 4.39 Å². The van der Waals surface area contributed by atoms with Crippen molar-refractivity contribution in [3.05, 3.63) is 34.1 Å². The molecule has 1 N–H and O–H groups in total. The van der Waals surface area contributed by atoms with Crippen molar-refractivity contribution < 1.29 is 9.13 Å². The van der Waals surface area contributed by atoms with Crippen LogP contribution in [0.5, 0.6) is 0 Å². The van der Waals surface area contributed by atoms with Crippen molar-refractivity contribution in [2.45, 2.75) is 25.6 Å². The number of ether oxygens (including phenoxy) is 1. The van der Waals surface area contributed by atoms with Gasteiger partial charge in [0.15, 0.2) is 0 Å². The van der Waals surface area contributed by atoms with Crippen LogP contribution in [0.3, 0.4) is 0 Å². The zero-order valence-electron chi connectivity index (χ0n) is 8.68. The molecule has 1 saturated heterocycles. The van der Waals surface area contributed by atoms with Crippen LogP contribution in [0.4, 0.5) is 4.39 Å². The molecule has 2 nitrogen and oxygen atoms in total. The number of nitrogens with one attached hydrogen (secondary N) is 1. The minimum Gasteiger partial charge on any atom is -0.359 e. The fourth-order valence-corrected chi connectivity index (χ4v) is 2.23. The quantitative estimate of drug-likeness (QED) is 0.850. The van der Waals surface area contributed by atoms with Gasteiger partial charge in [0, 0.05) is 4.47 Å². The first kappa shape index (κ1) is 11.0. The highest BCUT2D eigenvalue weighted by Gasteiger charge is 2.31. The van der Waals surface area contributed by atoms with E-state index in [-0.39, 0.29) is 17.6 Å². The van der Waals surface area contributed by atoms with E-state index in [2.05, 4.69) is 21.2 Å². The van der Waals surface area contributed by atoms with Crippen LogP contribution in [0.2, 0.25) is 0 Å². The third-order valence-corrected chi connectivity index (χ3v) is 2.88. The predicted molar refractivity (Wildman–Crippen MR) is 60.0 cm³/mol. The minimum absolute atomic E-state index is 0.0620. The zero-order valence-corrected chi connectivity index (χ0v) is 10.3. The van der Waals surface area contributed by atoms with Crippen LogP contribution < -0.4 is 5.32 Å². The molecule has 0 amide bonds. The topological polar surface area (TPSA) is 21.3 Å². The normalized spacial score (nSPS) is 24.4. The lowest BCUT2D eigenvalue weighted by molar-refractivity contribution is 0.0231. The lowest BCUT2D eigenvalue weighted by Crippen LogP contribution is -2.34. The molecule has 1 fully saturated rings. The van der Waals surface area contributed by atoms with E-state index >= 15 is 0 Å². The molecule has 1 heterocycles. The third-order valence-electron chi connectivity index (χ3n) is 2.42. The Morgan fingerprint density at radius 1 is 1.47 bits per heavy atom. The average Bonchev–Trinajstić information content (AvgIpc) is 2.44. The standard InChI is InChI=1S/C11H13BrFNO/c1-11(2)14-10(6-15-11)7-3-8(12)5-9(13)4-7/h3-5,10,14H,6H2,1-2H3. The van der Waals surface area contributed by atoms with E-state index in [0.717, 1.165) is 10.0 Å². The molecule has 1 unspecified atom stereocenters. The molecule has 1 aliphatic rings. The lowest BCUT2D eigenvalue weighted by atomic mass is 10.1. The second-order valence-electron chi connectivity index (χ2n) is 4.22. The van der Waals surface area contributed by atoms with Gasteiger partial charge >= 0.3 is 0 Å². The van der Waals surface area contributed by atoms with Gasteiger partial charge in [-0.15, -0.1) is 0 Å². The van der Waals surface area contributed by atoms with E-state index in [0.29, 0.717) is 6.61 Å². The van der Waals surface area contributed by atoms with E-state index in [4.69, 9.17) is 4.74 Å². The summed E-state index contributed by atoms with van der Waals surface area (Å²) in [4.78, 5) is 0. The van der Waals surface area contributed by atoms with Gasteiger partial charge in [-0.3, -0.25) is 5.32 Å². The number of halogens is 2. The Hall–Kier alpha value is -0.450. The van der Waals surface area contributed by atoms with Crippen molar-refractivity contribution in [3.63, 3.8) is 0 Å². The molecular formula is C11H13BrFNO. The summed E-state index contributed by atoms with van der Waals surface area (Å²) in [5.41, 5.74) is 0.580. The molecule has 15 heavy (non-hydrogen) atoms. The SMILES string of the molecule is CC1(C)NC(c2cc(F)cc(Br)c2)CO1. The van der Waals surface area contributed by atoms with Gasteiger partial charge in [-0.05, 0) is 37.6 Å². The van der Waals surface area contributed by atoms with Crippen molar-refractivity contribution in [3.8, 4) is 0 Å². The molecule has 1 atom stereocenters. The number of benzene rings is 1. The smallest absolute Gasteiger partial charge is 0.124 e. The van der Waals surface area contributed by atoms with E-state index in [1.54, 1.807) is 0 Å². The summed E-state index contributed by atoms with van der Waals surface area (Å²) in [6.45, 7) is 4.49. The highest BCUT2D eigenvalue weighted by molar-refractivity contribution is 9.10. The second-order valence-corrected chi connectivity index (χ2v) is 5.14. The van der Waals surface area contributed by atoms with Crippen molar-refractivity contribution in [1.82, 2.24) is 5.32 Å². The summed E-state index contributed by atoms with van der Waals surface area (Å²) in [7, 11) is 0. The molecule has 1 aliphatic heterocycles. The van der Waals surface area contributed by atoms with Crippen LogP contribution in [0, 0.1) is 5.82 Å². The monoisotopic (exact) mass is 273 g/mol. The highest BCUT2D eigenvalue weighted by atomic mass is 79.9. The van der Waals surface area contributed by atoms with Gasteiger partial charge in [-0.2, -0.15) is 0 Å². The number of hydrogen-bond acceptors (Lipinski definition) is 2. The summed E-state index contributed by atoms with van der Waals surface area (Å²) >= 11 is 3.28. The third kappa shape index (κ3) is 2.56. The van der Waals surface area contributed by atoms with Crippen molar-refractivity contribution >= 4 is 15.9 Å². The average molecular weight is 274 g/mol. The fourth-order valence-electron chi connectivity index (χ4n) is 1.75. The highest BCUT2D eigenvalue weighted by Crippen LogP contribution is 2.27. The number of hydrogen-bond donors (Lipinski definition) is 1. The molecule has 1 aromatic carbocycles. The van der Waals surface area contributed by atoms with Gasteiger partial charge in [0.25, 0.3) is 0 Å². The summed E-state index contributed by atoms with van der Waals surface area (Å²) in [5, 5.41) is 3.29. The maximum absolute atomic E-state index is 13.2. The molecule has 1 aromatic rings. The molecule has 0 aromatic heterocycles. The van der Waals surface area contributed by atoms with Gasteiger partial charge in [0.2, 0.25) is 0 Å². The Kier molecular flexibility index (Phi) is 2.83. The predicted octanol–water partition coefficient (Wildman–Crippen LogP) is 2.99. The summed E-state index contributed by atoms with van der Waals surface area (Å²) in [6, 6.07) is 4.95. The Bertz CT molecular complexity index is 361. The summed E-state index contributed by atoms with van der Waals surface area (Å²) in [6.07, 6.45) is 0. The number of rotatable bonds is 1. The van der Waals surface area contributed by atoms with E-state index in [1.807, 2.05) is 19.9 Å². The van der Waals surface area contributed by atoms with Gasteiger partial charge in [0.1, 0.15) is 11.5 Å². The van der Waals surface area contributed by atoms with Crippen LogP contribution in [0.1, 0.15) is 25.5 Å². The van der Waals surface area contributed by atoms with Crippen LogP contribution in [0.15, 0.2) is 22.7 Å².